The molecule has 0 heterocycles. The minimum Gasteiger partial charge on any atom is -0.480 e. The van der Waals surface area contributed by atoms with Gasteiger partial charge in [0, 0.05) is 6.54 Å². The number of carbonyl (C=O) groups is 3. The predicted molar refractivity (Wildman–Crippen MR) is 96.0 cm³/mol. The minimum absolute atomic E-state index is 0.235. The van der Waals surface area contributed by atoms with Crippen LogP contribution < -0.4 is 5.32 Å². The van der Waals surface area contributed by atoms with Crippen LogP contribution in [0, 0.1) is 0 Å². The van der Waals surface area contributed by atoms with E-state index in [9.17, 15) is 14.4 Å². The van der Waals surface area contributed by atoms with Gasteiger partial charge in [-0.3, -0.25) is 9.59 Å². The van der Waals surface area contributed by atoms with Gasteiger partial charge < -0.3 is 38.8 Å². The molecule has 0 saturated carbocycles. The van der Waals surface area contributed by atoms with Crippen LogP contribution in [0.5, 0.6) is 0 Å². The van der Waals surface area contributed by atoms with Gasteiger partial charge in [-0.1, -0.05) is 0 Å². The zero-order valence-corrected chi connectivity index (χ0v) is 16.3. The van der Waals surface area contributed by atoms with E-state index in [0.717, 1.165) is 0 Å². The fraction of sp³-hybridized carbons (Fsp3) is 0.824. The lowest BCUT2D eigenvalue weighted by molar-refractivity contribution is -0.145. The molecule has 0 rings (SSSR count). The second-order valence-corrected chi connectivity index (χ2v) is 5.24. The highest BCUT2D eigenvalue weighted by atomic mass is 16.6. The number of hydrogen-bond donors (Lipinski definition) is 2. The van der Waals surface area contributed by atoms with E-state index in [0.29, 0.717) is 66.0 Å². The van der Waals surface area contributed by atoms with E-state index in [1.54, 1.807) is 6.92 Å². The van der Waals surface area contributed by atoms with Crippen molar-refractivity contribution in [2.24, 2.45) is 0 Å². The maximum atomic E-state index is 11.2. The van der Waals surface area contributed by atoms with Gasteiger partial charge in [0.1, 0.15) is 13.2 Å². The third kappa shape index (κ3) is 20.5. The smallest absolute Gasteiger partial charge is 0.329 e. The van der Waals surface area contributed by atoms with Gasteiger partial charge >= 0.3 is 11.9 Å². The summed E-state index contributed by atoms with van der Waals surface area (Å²) in [6.07, 6.45) is 0.235. The lowest BCUT2D eigenvalue weighted by Gasteiger charge is -2.08. The Balaban J connectivity index is 3.16. The van der Waals surface area contributed by atoms with Crippen LogP contribution in [0.15, 0.2) is 0 Å². The van der Waals surface area contributed by atoms with Crippen molar-refractivity contribution in [2.75, 3.05) is 79.2 Å². The highest BCUT2D eigenvalue weighted by molar-refractivity contribution is 5.77. The van der Waals surface area contributed by atoms with Gasteiger partial charge in [-0.05, 0) is 6.92 Å². The van der Waals surface area contributed by atoms with Crippen LogP contribution in [-0.2, 0) is 42.8 Å². The molecule has 11 heteroatoms. The molecule has 0 bridgehead atoms. The summed E-state index contributed by atoms with van der Waals surface area (Å²) < 4.78 is 30.5. The van der Waals surface area contributed by atoms with Crippen molar-refractivity contribution in [3.8, 4) is 0 Å². The first kappa shape index (κ1) is 26.2. The van der Waals surface area contributed by atoms with Crippen LogP contribution >= 0.6 is 0 Å². The second-order valence-electron chi connectivity index (χ2n) is 5.24. The normalized spacial score (nSPS) is 10.6. The van der Waals surface area contributed by atoms with Crippen LogP contribution in [0.2, 0.25) is 0 Å². The van der Waals surface area contributed by atoms with Gasteiger partial charge in [0.25, 0.3) is 0 Å². The molecule has 0 aromatic heterocycles. The molecule has 0 aromatic carbocycles. The van der Waals surface area contributed by atoms with Crippen LogP contribution in [0.3, 0.4) is 0 Å². The molecular formula is C17H31NO10. The Morgan fingerprint density at radius 2 is 1.29 bits per heavy atom. The summed E-state index contributed by atoms with van der Waals surface area (Å²) in [7, 11) is 0. The number of aliphatic carboxylic acids is 1. The van der Waals surface area contributed by atoms with Crippen LogP contribution in [-0.4, -0.2) is 102 Å². The summed E-state index contributed by atoms with van der Waals surface area (Å²) in [6, 6.07) is 0. The van der Waals surface area contributed by atoms with Gasteiger partial charge in [0.2, 0.25) is 5.91 Å². The Morgan fingerprint density at radius 1 is 0.750 bits per heavy atom. The Hall–Kier alpha value is -1.79. The number of ether oxygens (including phenoxy) is 6. The van der Waals surface area contributed by atoms with Crippen LogP contribution in [0.4, 0.5) is 0 Å². The van der Waals surface area contributed by atoms with E-state index in [2.05, 4.69) is 10.1 Å². The SMILES string of the molecule is CCOC(=O)CCOCCOCCOCCOCCNC(=O)COCC(=O)O. The molecule has 164 valence electrons. The monoisotopic (exact) mass is 409 g/mol. The number of carboxylic acid groups (broad SMARTS) is 1. The lowest BCUT2D eigenvalue weighted by atomic mass is 10.5. The maximum Gasteiger partial charge on any atom is 0.329 e. The summed E-state index contributed by atoms with van der Waals surface area (Å²) >= 11 is 0. The van der Waals surface area contributed by atoms with Crippen molar-refractivity contribution in [1.82, 2.24) is 5.32 Å². The standard InChI is InChI=1S/C17H31NO10/c1-2-28-17(22)3-5-23-7-9-25-11-12-26-10-8-24-6-4-18-15(19)13-27-14-16(20)21/h2-14H2,1H3,(H,18,19)(H,20,21). The second kappa shape index (κ2) is 20.0. The quantitative estimate of drug-likeness (QED) is 0.194. The van der Waals surface area contributed by atoms with Gasteiger partial charge in [-0.25, -0.2) is 4.79 Å². The molecule has 0 atom stereocenters. The van der Waals surface area contributed by atoms with Crippen LogP contribution in [0.25, 0.3) is 0 Å². The van der Waals surface area contributed by atoms with Crippen molar-refractivity contribution in [3.05, 3.63) is 0 Å². The third-order valence-electron chi connectivity index (χ3n) is 2.90. The largest absolute Gasteiger partial charge is 0.480 e. The third-order valence-corrected chi connectivity index (χ3v) is 2.90. The molecule has 0 aliphatic heterocycles. The molecular weight excluding hydrogens is 378 g/mol. The molecule has 0 aromatic rings. The Bertz CT molecular complexity index is 419. The predicted octanol–water partition coefficient (Wildman–Crippen LogP) is -0.777. The molecule has 0 radical (unpaired) electrons. The highest BCUT2D eigenvalue weighted by Gasteiger charge is 2.03. The number of rotatable bonds is 20. The molecule has 0 aliphatic rings. The first-order valence-corrected chi connectivity index (χ1v) is 9.09. The Morgan fingerprint density at radius 3 is 1.82 bits per heavy atom. The van der Waals surface area contributed by atoms with Crippen molar-refractivity contribution in [1.29, 1.82) is 0 Å². The Labute approximate surface area is 164 Å². The number of nitrogens with one attached hydrogen (secondary N) is 1. The van der Waals surface area contributed by atoms with Crippen LogP contribution in [0.1, 0.15) is 13.3 Å². The summed E-state index contributed by atoms with van der Waals surface area (Å²) in [5.41, 5.74) is 0. The zero-order chi connectivity index (χ0) is 20.9. The van der Waals surface area contributed by atoms with Crippen molar-refractivity contribution in [2.45, 2.75) is 13.3 Å². The molecule has 0 unspecified atom stereocenters. The molecule has 2 N–H and O–H groups in total. The summed E-state index contributed by atoms with van der Waals surface area (Å²) in [6.45, 7) is 4.68. The van der Waals surface area contributed by atoms with Gasteiger partial charge in [-0.2, -0.15) is 0 Å². The summed E-state index contributed by atoms with van der Waals surface area (Å²) in [4.78, 5) is 32.5. The molecule has 0 aliphatic carbocycles. The summed E-state index contributed by atoms with van der Waals surface area (Å²) in [5.74, 6) is -1.80. The molecule has 0 saturated heterocycles. The number of esters is 1. The average Bonchev–Trinajstić information content (AvgIpc) is 2.64. The fourth-order valence-corrected chi connectivity index (χ4v) is 1.70. The maximum absolute atomic E-state index is 11.2. The van der Waals surface area contributed by atoms with Crippen molar-refractivity contribution < 1.29 is 47.9 Å². The summed E-state index contributed by atoms with van der Waals surface area (Å²) in [5, 5.41) is 10.9. The molecule has 11 nitrogen and oxygen atoms in total. The van der Waals surface area contributed by atoms with E-state index in [4.69, 9.17) is 28.8 Å². The fourth-order valence-electron chi connectivity index (χ4n) is 1.70. The average molecular weight is 409 g/mol. The first-order valence-electron chi connectivity index (χ1n) is 9.09. The lowest BCUT2D eigenvalue weighted by Crippen LogP contribution is -2.31. The van der Waals surface area contributed by atoms with E-state index >= 15 is 0 Å². The number of carboxylic acids is 1. The topological polar surface area (TPSA) is 139 Å². The van der Waals surface area contributed by atoms with Gasteiger partial charge in [-0.15, -0.1) is 0 Å². The minimum atomic E-state index is -1.12. The van der Waals surface area contributed by atoms with E-state index in [1.807, 2.05) is 0 Å². The molecule has 0 spiro atoms. The zero-order valence-electron chi connectivity index (χ0n) is 16.3. The molecule has 1 amide bonds. The van der Waals surface area contributed by atoms with Crippen molar-refractivity contribution >= 4 is 17.8 Å². The highest BCUT2D eigenvalue weighted by Crippen LogP contribution is 1.89. The molecule has 0 fully saturated rings. The Kier molecular flexibility index (Phi) is 18.7. The van der Waals surface area contributed by atoms with Gasteiger partial charge in [0.15, 0.2) is 0 Å². The molecule has 28 heavy (non-hydrogen) atoms. The van der Waals surface area contributed by atoms with Crippen molar-refractivity contribution in [3.63, 3.8) is 0 Å². The number of amides is 1. The number of carbonyl (C=O) groups excluding carboxylic acids is 2. The van der Waals surface area contributed by atoms with Gasteiger partial charge in [0.05, 0.1) is 65.9 Å². The van der Waals surface area contributed by atoms with E-state index in [1.165, 1.54) is 0 Å². The van der Waals surface area contributed by atoms with E-state index in [-0.39, 0.29) is 19.0 Å². The first-order chi connectivity index (χ1) is 13.6. The number of hydrogen-bond acceptors (Lipinski definition) is 9. The van der Waals surface area contributed by atoms with E-state index < -0.39 is 18.5 Å².